The van der Waals surface area contributed by atoms with Crippen LogP contribution in [-0.2, 0) is 0 Å². The molecule has 0 saturated heterocycles. The number of hydrogen-bond acceptors (Lipinski definition) is 4. The summed E-state index contributed by atoms with van der Waals surface area (Å²) in [6, 6.07) is 19.1. The van der Waals surface area contributed by atoms with Crippen molar-refractivity contribution in [1.29, 1.82) is 0 Å². The zero-order valence-electron chi connectivity index (χ0n) is 16.5. The van der Waals surface area contributed by atoms with E-state index in [-0.39, 0.29) is 17.6 Å². The number of hydrogen-bond donors (Lipinski definition) is 4. The van der Waals surface area contributed by atoms with Crippen LogP contribution in [0.5, 0.6) is 0 Å². The van der Waals surface area contributed by atoms with Crippen molar-refractivity contribution in [2.24, 2.45) is 16.5 Å². The first kappa shape index (κ1) is 20.9. The van der Waals surface area contributed by atoms with Gasteiger partial charge in [0.1, 0.15) is 0 Å². The largest absolute Gasteiger partial charge is 0.398 e. The van der Waals surface area contributed by atoms with Crippen LogP contribution in [0.3, 0.4) is 0 Å². The van der Waals surface area contributed by atoms with E-state index in [1.165, 1.54) is 0 Å². The van der Waals surface area contributed by atoms with E-state index in [1.807, 2.05) is 36.4 Å². The van der Waals surface area contributed by atoms with E-state index in [9.17, 15) is 9.59 Å². The fourth-order valence-electron chi connectivity index (χ4n) is 3.34. The van der Waals surface area contributed by atoms with Gasteiger partial charge in [-0.25, -0.2) is 0 Å². The van der Waals surface area contributed by atoms with E-state index < -0.39 is 6.04 Å². The Bertz CT molecular complexity index is 1080. The molecule has 0 radical (unpaired) electrons. The van der Waals surface area contributed by atoms with Crippen LogP contribution in [0.4, 0.5) is 5.69 Å². The second kappa shape index (κ2) is 9.56. The van der Waals surface area contributed by atoms with Gasteiger partial charge in [-0.05, 0) is 41.8 Å². The lowest BCUT2D eigenvalue weighted by Crippen LogP contribution is -2.41. The highest BCUT2D eigenvalue weighted by atomic mass is 16.2. The van der Waals surface area contributed by atoms with Gasteiger partial charge in [-0.15, -0.1) is 0 Å². The molecular weight excluding hydrogens is 378 g/mol. The topological polar surface area (TPSA) is 137 Å². The molecule has 154 valence electrons. The average Bonchev–Trinajstić information content (AvgIpc) is 2.75. The smallest absolute Gasteiger partial charge is 0.251 e. The van der Waals surface area contributed by atoms with Crippen LogP contribution >= 0.6 is 0 Å². The lowest BCUT2D eigenvalue weighted by Gasteiger charge is -2.20. The predicted octanol–water partition coefficient (Wildman–Crippen LogP) is 2.46. The molecule has 1 unspecified atom stereocenters. The molecular formula is C23H25N5O2. The molecule has 0 aliphatic carbocycles. The molecule has 0 spiro atoms. The number of rotatable bonds is 8. The molecule has 0 heterocycles. The van der Waals surface area contributed by atoms with Crippen molar-refractivity contribution >= 4 is 34.1 Å². The molecule has 0 saturated carbocycles. The van der Waals surface area contributed by atoms with Crippen LogP contribution in [0.1, 0.15) is 33.6 Å². The van der Waals surface area contributed by atoms with Gasteiger partial charge in [-0.1, -0.05) is 48.5 Å². The van der Waals surface area contributed by atoms with Crippen molar-refractivity contribution in [2.75, 3.05) is 12.3 Å². The second-order valence-electron chi connectivity index (χ2n) is 6.96. The minimum Gasteiger partial charge on any atom is -0.398 e. The minimum absolute atomic E-state index is 0.00973. The van der Waals surface area contributed by atoms with E-state index >= 15 is 0 Å². The summed E-state index contributed by atoms with van der Waals surface area (Å²) < 4.78 is 0. The predicted molar refractivity (Wildman–Crippen MR) is 120 cm³/mol. The van der Waals surface area contributed by atoms with Crippen molar-refractivity contribution in [3.05, 3.63) is 77.9 Å². The summed E-state index contributed by atoms with van der Waals surface area (Å²) in [5, 5.41) is 4.52. The van der Waals surface area contributed by atoms with Gasteiger partial charge >= 0.3 is 0 Å². The number of guanidine groups is 1. The van der Waals surface area contributed by atoms with Gasteiger partial charge in [0.25, 0.3) is 5.91 Å². The summed E-state index contributed by atoms with van der Waals surface area (Å²) in [4.78, 5) is 30.2. The SMILES string of the molecule is NC(N)=NCCCC(NC(=O)c1ccccc1)C(=O)c1c(N)ccc2ccccc12. The number of amides is 1. The third-order valence-corrected chi connectivity index (χ3v) is 4.81. The lowest BCUT2D eigenvalue weighted by molar-refractivity contribution is 0.0853. The molecule has 3 aromatic carbocycles. The molecule has 0 aliphatic heterocycles. The van der Waals surface area contributed by atoms with Gasteiger partial charge < -0.3 is 22.5 Å². The van der Waals surface area contributed by atoms with Crippen LogP contribution in [0.25, 0.3) is 10.8 Å². The molecule has 1 amide bonds. The molecule has 7 heteroatoms. The Balaban J connectivity index is 1.91. The number of carbonyl (C=O) groups is 2. The Morgan fingerprint density at radius 2 is 1.63 bits per heavy atom. The summed E-state index contributed by atoms with van der Waals surface area (Å²) in [6.07, 6.45) is 0.894. The van der Waals surface area contributed by atoms with Crippen LogP contribution in [-0.4, -0.2) is 30.2 Å². The first-order valence-corrected chi connectivity index (χ1v) is 9.70. The standard InChI is InChI=1S/C23H25N5O2/c24-18-13-12-15-7-4-5-10-17(15)20(18)21(29)19(11-6-14-27-23(25)26)28-22(30)16-8-2-1-3-9-16/h1-5,7-10,12-13,19H,6,11,14,24H2,(H,28,30)(H4,25,26,27). The minimum atomic E-state index is -0.764. The fraction of sp³-hybridized carbons (Fsp3) is 0.174. The van der Waals surface area contributed by atoms with Crippen molar-refractivity contribution < 1.29 is 9.59 Å². The molecule has 3 aromatic rings. The number of ketones is 1. The van der Waals surface area contributed by atoms with Gasteiger partial charge in [0.05, 0.1) is 11.6 Å². The van der Waals surface area contributed by atoms with E-state index in [2.05, 4.69) is 10.3 Å². The number of Topliss-reactive ketones (excluding diaryl/α,β-unsaturated/α-hetero) is 1. The number of anilines is 1. The second-order valence-corrected chi connectivity index (χ2v) is 6.96. The van der Waals surface area contributed by atoms with Crippen LogP contribution < -0.4 is 22.5 Å². The Morgan fingerprint density at radius 1 is 0.933 bits per heavy atom. The number of nitrogens with zero attached hydrogens (tertiary/aromatic N) is 1. The molecule has 30 heavy (non-hydrogen) atoms. The summed E-state index contributed by atoms with van der Waals surface area (Å²) in [7, 11) is 0. The molecule has 0 aromatic heterocycles. The Hall–Kier alpha value is -3.87. The van der Waals surface area contributed by atoms with Crippen LogP contribution in [0.2, 0.25) is 0 Å². The molecule has 7 N–H and O–H groups in total. The molecule has 0 aliphatic rings. The summed E-state index contributed by atoms with van der Waals surface area (Å²) in [6.45, 7) is 0.359. The van der Waals surface area contributed by atoms with Crippen molar-refractivity contribution in [3.63, 3.8) is 0 Å². The number of aliphatic imine (C=N–C) groups is 1. The van der Waals surface area contributed by atoms with Crippen LogP contribution in [0.15, 0.2) is 71.7 Å². The monoisotopic (exact) mass is 403 g/mol. The maximum atomic E-state index is 13.5. The van der Waals surface area contributed by atoms with E-state index in [4.69, 9.17) is 17.2 Å². The first-order chi connectivity index (χ1) is 14.5. The Kier molecular flexibility index (Phi) is 6.64. The van der Waals surface area contributed by atoms with Crippen molar-refractivity contribution in [1.82, 2.24) is 5.32 Å². The number of nitrogen functional groups attached to an aromatic ring is 1. The van der Waals surface area contributed by atoms with Gasteiger partial charge in [-0.3, -0.25) is 14.6 Å². The van der Waals surface area contributed by atoms with Gasteiger partial charge in [0.15, 0.2) is 11.7 Å². The third kappa shape index (κ3) is 4.94. The maximum Gasteiger partial charge on any atom is 0.251 e. The Morgan fingerprint density at radius 3 is 2.37 bits per heavy atom. The van der Waals surface area contributed by atoms with Crippen molar-refractivity contribution in [3.8, 4) is 0 Å². The van der Waals surface area contributed by atoms with E-state index in [1.54, 1.807) is 30.3 Å². The van der Waals surface area contributed by atoms with E-state index in [0.717, 1.165) is 10.8 Å². The van der Waals surface area contributed by atoms with Crippen molar-refractivity contribution in [2.45, 2.75) is 18.9 Å². The number of fused-ring (bicyclic) bond motifs is 1. The number of benzene rings is 3. The van der Waals surface area contributed by atoms with E-state index in [0.29, 0.717) is 36.2 Å². The highest BCUT2D eigenvalue weighted by Crippen LogP contribution is 2.26. The first-order valence-electron chi connectivity index (χ1n) is 9.70. The maximum absolute atomic E-state index is 13.5. The normalized spacial score (nSPS) is 11.6. The third-order valence-electron chi connectivity index (χ3n) is 4.81. The quantitative estimate of drug-likeness (QED) is 0.151. The molecule has 1 atom stereocenters. The Labute approximate surface area is 175 Å². The highest BCUT2D eigenvalue weighted by molar-refractivity contribution is 6.15. The zero-order chi connectivity index (χ0) is 21.5. The molecule has 0 bridgehead atoms. The number of carbonyl (C=O) groups excluding carboxylic acids is 2. The summed E-state index contributed by atoms with van der Waals surface area (Å²) in [5.74, 6) is -0.572. The van der Waals surface area contributed by atoms with Gasteiger partial charge in [-0.2, -0.15) is 0 Å². The zero-order valence-corrected chi connectivity index (χ0v) is 16.5. The fourth-order valence-corrected chi connectivity index (χ4v) is 3.34. The molecule has 7 nitrogen and oxygen atoms in total. The highest BCUT2D eigenvalue weighted by Gasteiger charge is 2.25. The van der Waals surface area contributed by atoms with Gasteiger partial charge in [0.2, 0.25) is 0 Å². The number of nitrogens with one attached hydrogen (secondary N) is 1. The summed E-state index contributed by atoms with van der Waals surface area (Å²) >= 11 is 0. The van der Waals surface area contributed by atoms with Crippen LogP contribution in [0, 0.1) is 0 Å². The molecule has 3 rings (SSSR count). The summed E-state index contributed by atoms with van der Waals surface area (Å²) in [5.41, 5.74) is 18.2. The average molecular weight is 403 g/mol. The molecule has 0 fully saturated rings. The van der Waals surface area contributed by atoms with Gasteiger partial charge in [0, 0.05) is 17.8 Å². The lowest BCUT2D eigenvalue weighted by atomic mass is 9.93. The number of nitrogens with two attached hydrogens (primary N) is 3.